The third-order valence-corrected chi connectivity index (χ3v) is 3.88. The van der Waals surface area contributed by atoms with Crippen LogP contribution in [0.3, 0.4) is 0 Å². The van der Waals surface area contributed by atoms with Crippen molar-refractivity contribution < 1.29 is 0 Å². The number of nitrogens with one attached hydrogen (secondary N) is 2. The average molecular weight is 321 g/mol. The van der Waals surface area contributed by atoms with Crippen LogP contribution < -0.4 is 16.4 Å². The van der Waals surface area contributed by atoms with Gasteiger partial charge in [-0.25, -0.2) is 0 Å². The van der Waals surface area contributed by atoms with Crippen LogP contribution in [0.25, 0.3) is 0 Å². The summed E-state index contributed by atoms with van der Waals surface area (Å²) in [6.07, 6.45) is 4.27. The van der Waals surface area contributed by atoms with E-state index in [-0.39, 0.29) is 0 Å². The fourth-order valence-electron chi connectivity index (χ4n) is 2.45. The van der Waals surface area contributed by atoms with E-state index in [1.807, 2.05) is 30.3 Å². The lowest BCUT2D eigenvalue weighted by atomic mass is 10.3. The van der Waals surface area contributed by atoms with Crippen molar-refractivity contribution in [3.05, 3.63) is 41.7 Å². The largest absolute Gasteiger partial charge is 0.399 e. The Labute approximate surface area is 140 Å². The lowest BCUT2D eigenvalue weighted by molar-refractivity contribution is 0.900. The Bertz CT molecular complexity index is 819. The van der Waals surface area contributed by atoms with Crippen LogP contribution in [0.5, 0.6) is 0 Å². The number of amidine groups is 1. The number of anilines is 4. The summed E-state index contributed by atoms with van der Waals surface area (Å²) in [5.41, 5.74) is 8.55. The highest BCUT2D eigenvalue weighted by Gasteiger charge is 2.28. The first-order chi connectivity index (χ1) is 11.7. The number of aliphatic imine (C=N–C) groups is 1. The van der Waals surface area contributed by atoms with E-state index in [1.54, 1.807) is 0 Å². The topological polar surface area (TPSA) is 101 Å². The van der Waals surface area contributed by atoms with Gasteiger partial charge in [-0.3, -0.25) is 4.99 Å². The van der Waals surface area contributed by atoms with E-state index >= 15 is 0 Å². The SMILES string of the molecule is CC1=CC(Nc2nc(Nc3ccc(N)cc3)nc(C3CC3)n2)=NC1. The van der Waals surface area contributed by atoms with E-state index in [0.717, 1.165) is 42.4 Å². The van der Waals surface area contributed by atoms with Gasteiger partial charge in [0.15, 0.2) is 0 Å². The molecule has 1 saturated carbocycles. The quantitative estimate of drug-likeness (QED) is 0.749. The van der Waals surface area contributed by atoms with Crippen molar-refractivity contribution in [3.8, 4) is 0 Å². The molecule has 1 fully saturated rings. The first-order valence-electron chi connectivity index (χ1n) is 8.03. The Balaban J connectivity index is 1.59. The van der Waals surface area contributed by atoms with Gasteiger partial charge in [0.2, 0.25) is 11.9 Å². The number of nitrogen functional groups attached to an aromatic ring is 1. The van der Waals surface area contributed by atoms with Gasteiger partial charge >= 0.3 is 0 Å². The molecule has 0 amide bonds. The van der Waals surface area contributed by atoms with Crippen LogP contribution in [0.4, 0.5) is 23.3 Å². The molecule has 1 aliphatic carbocycles. The second kappa shape index (κ2) is 5.92. The smallest absolute Gasteiger partial charge is 0.233 e. The monoisotopic (exact) mass is 321 g/mol. The first kappa shape index (κ1) is 14.6. The summed E-state index contributed by atoms with van der Waals surface area (Å²) in [4.78, 5) is 17.9. The fraction of sp³-hybridized carbons (Fsp3) is 0.294. The van der Waals surface area contributed by atoms with Crippen LogP contribution in [0.2, 0.25) is 0 Å². The lowest BCUT2D eigenvalue weighted by Crippen LogP contribution is -2.13. The van der Waals surface area contributed by atoms with E-state index in [9.17, 15) is 0 Å². The molecular weight excluding hydrogens is 302 g/mol. The van der Waals surface area contributed by atoms with Gasteiger partial charge in [-0.1, -0.05) is 0 Å². The van der Waals surface area contributed by atoms with Crippen molar-refractivity contribution in [3.63, 3.8) is 0 Å². The fourth-order valence-corrected chi connectivity index (χ4v) is 2.45. The summed E-state index contributed by atoms with van der Waals surface area (Å²) in [5, 5.41) is 6.40. The molecule has 7 heteroatoms. The van der Waals surface area contributed by atoms with Crippen molar-refractivity contribution in [2.75, 3.05) is 22.9 Å². The lowest BCUT2D eigenvalue weighted by Gasteiger charge is -2.09. The van der Waals surface area contributed by atoms with Gasteiger partial charge < -0.3 is 16.4 Å². The Morgan fingerprint density at radius 1 is 1.00 bits per heavy atom. The van der Waals surface area contributed by atoms with E-state index < -0.39 is 0 Å². The predicted octanol–water partition coefficient (Wildman–Crippen LogP) is 2.85. The third kappa shape index (κ3) is 3.34. The minimum absolute atomic E-state index is 0.434. The van der Waals surface area contributed by atoms with Crippen LogP contribution in [0.15, 0.2) is 40.9 Å². The molecule has 1 aromatic heterocycles. The molecule has 2 heterocycles. The molecule has 1 aliphatic heterocycles. The van der Waals surface area contributed by atoms with Crippen molar-refractivity contribution >= 4 is 29.1 Å². The Kier molecular flexibility index (Phi) is 3.60. The summed E-state index contributed by atoms with van der Waals surface area (Å²) >= 11 is 0. The molecule has 4 N–H and O–H groups in total. The number of benzene rings is 1. The first-order valence-corrected chi connectivity index (χ1v) is 8.03. The second-order valence-corrected chi connectivity index (χ2v) is 6.18. The highest BCUT2D eigenvalue weighted by atomic mass is 15.2. The molecule has 122 valence electrons. The van der Waals surface area contributed by atoms with Crippen molar-refractivity contribution in [1.29, 1.82) is 0 Å². The maximum atomic E-state index is 5.72. The van der Waals surface area contributed by atoms with E-state index in [0.29, 0.717) is 17.8 Å². The van der Waals surface area contributed by atoms with E-state index in [1.165, 1.54) is 5.57 Å². The molecule has 4 rings (SSSR count). The standard InChI is InChI=1S/C17H19N7/c1-10-8-14(19-9-10)21-17-23-15(11-2-3-11)22-16(24-17)20-13-6-4-12(18)5-7-13/h4-8,11H,2-3,9,18H2,1H3,(H2,19,20,21,22,23,24). The molecular formula is C17H19N7. The minimum atomic E-state index is 0.434. The number of aromatic nitrogens is 3. The summed E-state index contributed by atoms with van der Waals surface area (Å²) in [6, 6.07) is 7.48. The third-order valence-electron chi connectivity index (χ3n) is 3.88. The highest BCUT2D eigenvalue weighted by Crippen LogP contribution is 2.38. The molecule has 2 aliphatic rings. The number of nitrogens with zero attached hydrogens (tertiary/aromatic N) is 4. The van der Waals surface area contributed by atoms with E-state index in [2.05, 4.69) is 37.5 Å². The van der Waals surface area contributed by atoms with Crippen molar-refractivity contribution in [2.45, 2.75) is 25.7 Å². The summed E-state index contributed by atoms with van der Waals surface area (Å²) in [6.45, 7) is 2.77. The number of hydrogen-bond acceptors (Lipinski definition) is 7. The molecule has 0 atom stereocenters. The Morgan fingerprint density at radius 2 is 1.71 bits per heavy atom. The van der Waals surface area contributed by atoms with Crippen LogP contribution in [-0.2, 0) is 0 Å². The Morgan fingerprint density at radius 3 is 2.33 bits per heavy atom. The number of nitrogens with two attached hydrogens (primary N) is 1. The zero-order chi connectivity index (χ0) is 16.5. The maximum Gasteiger partial charge on any atom is 0.233 e. The molecule has 0 spiro atoms. The summed E-state index contributed by atoms with van der Waals surface area (Å²) in [5.74, 6) is 3.10. The van der Waals surface area contributed by atoms with Gasteiger partial charge in [0.25, 0.3) is 0 Å². The molecule has 2 aromatic rings. The zero-order valence-electron chi connectivity index (χ0n) is 13.5. The van der Waals surface area contributed by atoms with Crippen LogP contribution >= 0.6 is 0 Å². The van der Waals surface area contributed by atoms with Crippen LogP contribution in [-0.4, -0.2) is 27.3 Å². The second-order valence-electron chi connectivity index (χ2n) is 6.18. The van der Waals surface area contributed by atoms with Crippen molar-refractivity contribution in [2.24, 2.45) is 4.99 Å². The molecule has 0 unspecified atom stereocenters. The molecule has 0 radical (unpaired) electrons. The molecule has 0 saturated heterocycles. The van der Waals surface area contributed by atoms with E-state index in [4.69, 9.17) is 5.73 Å². The van der Waals surface area contributed by atoms with Crippen molar-refractivity contribution in [1.82, 2.24) is 15.0 Å². The average Bonchev–Trinajstić information content (AvgIpc) is 3.33. The van der Waals surface area contributed by atoms with Gasteiger partial charge in [-0.05, 0) is 55.7 Å². The molecule has 0 bridgehead atoms. The van der Waals surface area contributed by atoms with Gasteiger partial charge in [-0.2, -0.15) is 15.0 Å². The maximum absolute atomic E-state index is 5.72. The van der Waals surface area contributed by atoms with Gasteiger partial charge in [0, 0.05) is 17.3 Å². The Hall–Kier alpha value is -2.96. The normalized spacial score (nSPS) is 16.5. The molecule has 1 aromatic carbocycles. The van der Waals surface area contributed by atoms with Crippen LogP contribution in [0, 0.1) is 0 Å². The molecule has 24 heavy (non-hydrogen) atoms. The zero-order valence-corrected chi connectivity index (χ0v) is 13.5. The summed E-state index contributed by atoms with van der Waals surface area (Å²) < 4.78 is 0. The predicted molar refractivity (Wildman–Crippen MR) is 95.6 cm³/mol. The van der Waals surface area contributed by atoms with Crippen LogP contribution in [0.1, 0.15) is 31.5 Å². The highest BCUT2D eigenvalue weighted by molar-refractivity contribution is 6.04. The van der Waals surface area contributed by atoms with Gasteiger partial charge in [0.1, 0.15) is 11.7 Å². The number of rotatable bonds is 4. The minimum Gasteiger partial charge on any atom is -0.399 e. The molecule has 7 nitrogen and oxygen atoms in total. The number of hydrogen-bond donors (Lipinski definition) is 3. The van der Waals surface area contributed by atoms with Gasteiger partial charge in [-0.15, -0.1) is 0 Å². The van der Waals surface area contributed by atoms with Gasteiger partial charge in [0.05, 0.1) is 6.54 Å². The summed E-state index contributed by atoms with van der Waals surface area (Å²) in [7, 11) is 0.